The monoisotopic (exact) mass is 720 g/mol. The van der Waals surface area contributed by atoms with Crippen LogP contribution in [0.5, 0.6) is 5.75 Å². The molecule has 1 saturated heterocycles. The van der Waals surface area contributed by atoms with Crippen LogP contribution in [-0.4, -0.2) is 75.6 Å². The zero-order valence-electron chi connectivity index (χ0n) is 31.3. The standard InChI is InChI=1S/C40H52O10Si/c1-37(2,3)51(8,9)50-30-19-20-40(24-48-40)33-32(49-36(45)26-13-11-10-12-14-26)34(43)38(4,5)29(21-27(42)22-41)31(35(44)39(30,33)6)47-23-25-15-17-28(46-7)18-16-25/h10-18,22,29-33H,19-21,23-24H2,1-9H3/t29-,30+,31-,32+,33+,39-,40-/m1/s1. The van der Waals surface area contributed by atoms with Crippen LogP contribution in [0.2, 0.25) is 18.1 Å². The van der Waals surface area contributed by atoms with Crippen molar-refractivity contribution in [2.45, 2.75) is 109 Å². The normalized spacial score (nSPS) is 30.5. The van der Waals surface area contributed by atoms with E-state index >= 15 is 9.59 Å². The van der Waals surface area contributed by atoms with E-state index in [1.165, 1.54) is 0 Å². The number of epoxide rings is 1. The lowest BCUT2D eigenvalue weighted by atomic mass is 9.51. The zero-order chi connectivity index (χ0) is 37.6. The molecule has 3 fully saturated rings. The summed E-state index contributed by atoms with van der Waals surface area (Å²) in [5.74, 6) is -3.67. The van der Waals surface area contributed by atoms with E-state index in [4.69, 9.17) is 23.4 Å². The Bertz CT molecular complexity index is 1640. The number of carbonyl (C=O) groups excluding carboxylic acids is 5. The first-order valence-corrected chi connectivity index (χ1v) is 20.6. The third-order valence-corrected chi connectivity index (χ3v) is 16.6. The van der Waals surface area contributed by atoms with E-state index in [9.17, 15) is 14.4 Å². The van der Waals surface area contributed by atoms with Gasteiger partial charge in [-0.25, -0.2) is 4.79 Å². The molecule has 1 spiro atoms. The minimum absolute atomic E-state index is 0.0149. The Morgan fingerprint density at radius 1 is 0.961 bits per heavy atom. The molecule has 2 saturated carbocycles. The molecule has 2 aliphatic carbocycles. The molecular formula is C40H52O10Si. The van der Waals surface area contributed by atoms with Crippen molar-refractivity contribution in [2.24, 2.45) is 22.7 Å². The second kappa shape index (κ2) is 14.1. The Hall–Kier alpha value is -3.51. The average Bonchev–Trinajstić information content (AvgIpc) is 3.87. The Morgan fingerprint density at radius 3 is 2.14 bits per heavy atom. The predicted molar refractivity (Wildman–Crippen MR) is 192 cm³/mol. The van der Waals surface area contributed by atoms with Crippen LogP contribution in [0.4, 0.5) is 0 Å². The fraction of sp³-hybridized carbons (Fsp3) is 0.575. The van der Waals surface area contributed by atoms with Gasteiger partial charge in [-0.1, -0.05) is 65.0 Å². The molecule has 0 bridgehead atoms. The van der Waals surface area contributed by atoms with Gasteiger partial charge in [-0.2, -0.15) is 0 Å². The van der Waals surface area contributed by atoms with Crippen LogP contribution in [0.25, 0.3) is 0 Å². The molecule has 5 rings (SSSR count). The number of ether oxygens (including phenoxy) is 4. The first-order valence-electron chi connectivity index (χ1n) is 17.7. The van der Waals surface area contributed by atoms with Gasteiger partial charge in [0.15, 0.2) is 38.1 Å². The lowest BCUT2D eigenvalue weighted by Crippen LogP contribution is -2.69. The topological polar surface area (TPSA) is 135 Å². The van der Waals surface area contributed by atoms with E-state index in [1.807, 2.05) is 12.1 Å². The Kier molecular flexibility index (Phi) is 10.7. The van der Waals surface area contributed by atoms with E-state index in [1.54, 1.807) is 70.3 Å². The number of methoxy groups -OCH3 is 1. The van der Waals surface area contributed by atoms with Crippen LogP contribution in [0.15, 0.2) is 54.6 Å². The van der Waals surface area contributed by atoms with Crippen molar-refractivity contribution in [3.8, 4) is 5.75 Å². The van der Waals surface area contributed by atoms with Crippen LogP contribution in [-0.2, 0) is 44.4 Å². The SMILES string of the molecule is COc1ccc(CO[C@H]2C(=O)[C@]3(C)[C@@H](O[Si](C)(C)C(C)(C)C)CC[C@@]4(CO4)[C@H]3[C@H](OC(=O)c3ccccc3)C(=O)C(C)(C)[C@@H]2CC(=O)C=O)cc1. The first-order chi connectivity index (χ1) is 23.8. The second-order valence-electron chi connectivity index (χ2n) is 16.6. The van der Waals surface area contributed by atoms with Crippen molar-refractivity contribution in [1.29, 1.82) is 0 Å². The summed E-state index contributed by atoms with van der Waals surface area (Å²) in [6.45, 7) is 15.9. The van der Waals surface area contributed by atoms with E-state index in [0.29, 0.717) is 18.6 Å². The minimum Gasteiger partial charge on any atom is -0.497 e. The number of Topliss-reactive ketones (excluding diaryl/α,β-unsaturated/α-hetero) is 3. The van der Waals surface area contributed by atoms with Gasteiger partial charge in [-0.3, -0.25) is 19.2 Å². The van der Waals surface area contributed by atoms with E-state index < -0.39 is 78.9 Å². The highest BCUT2D eigenvalue weighted by atomic mass is 28.4. The van der Waals surface area contributed by atoms with Crippen molar-refractivity contribution in [3.63, 3.8) is 0 Å². The zero-order valence-corrected chi connectivity index (χ0v) is 32.3. The molecule has 7 atom stereocenters. The highest BCUT2D eigenvalue weighted by Crippen LogP contribution is 2.61. The van der Waals surface area contributed by atoms with E-state index in [0.717, 1.165) is 5.56 Å². The van der Waals surface area contributed by atoms with Crippen LogP contribution in [0.3, 0.4) is 0 Å². The summed E-state index contributed by atoms with van der Waals surface area (Å²) in [6.07, 6.45) is -2.66. The number of esters is 1. The van der Waals surface area contributed by atoms with Gasteiger partial charge in [-0.15, -0.1) is 0 Å². The van der Waals surface area contributed by atoms with Crippen molar-refractivity contribution in [3.05, 3.63) is 65.7 Å². The van der Waals surface area contributed by atoms with Crippen LogP contribution in [0, 0.1) is 22.7 Å². The van der Waals surface area contributed by atoms with Crippen LogP contribution >= 0.6 is 0 Å². The lowest BCUT2D eigenvalue weighted by molar-refractivity contribution is -0.190. The molecule has 3 aliphatic rings. The largest absolute Gasteiger partial charge is 0.497 e. The molecule has 2 aromatic rings. The Balaban J connectivity index is 1.70. The predicted octanol–water partition coefficient (Wildman–Crippen LogP) is 6.33. The van der Waals surface area contributed by atoms with Gasteiger partial charge in [-0.05, 0) is 67.7 Å². The lowest BCUT2D eigenvalue weighted by Gasteiger charge is -2.57. The summed E-state index contributed by atoms with van der Waals surface area (Å²) in [6, 6.07) is 15.6. The number of fused-ring (bicyclic) bond motifs is 2. The van der Waals surface area contributed by atoms with Gasteiger partial charge in [0.05, 0.1) is 43.0 Å². The van der Waals surface area contributed by atoms with Gasteiger partial charge in [0, 0.05) is 23.7 Å². The fourth-order valence-corrected chi connectivity index (χ4v) is 9.21. The summed E-state index contributed by atoms with van der Waals surface area (Å²) in [7, 11) is -0.976. The van der Waals surface area contributed by atoms with E-state index in [-0.39, 0.29) is 35.9 Å². The molecule has 0 aromatic heterocycles. The van der Waals surface area contributed by atoms with Gasteiger partial charge in [0.1, 0.15) is 11.9 Å². The quantitative estimate of drug-likeness (QED) is 0.0852. The summed E-state index contributed by atoms with van der Waals surface area (Å²) in [4.78, 5) is 69.5. The van der Waals surface area contributed by atoms with E-state index in [2.05, 4.69) is 33.9 Å². The minimum atomic E-state index is -2.54. The fourth-order valence-electron chi connectivity index (χ4n) is 7.78. The molecule has 0 unspecified atom stereocenters. The summed E-state index contributed by atoms with van der Waals surface area (Å²) in [5, 5.41) is -0.213. The summed E-state index contributed by atoms with van der Waals surface area (Å²) >= 11 is 0. The molecule has 11 heteroatoms. The highest BCUT2D eigenvalue weighted by Gasteiger charge is 2.73. The number of hydrogen-bond acceptors (Lipinski definition) is 10. The van der Waals surface area contributed by atoms with Gasteiger partial charge in [0.2, 0.25) is 0 Å². The van der Waals surface area contributed by atoms with Crippen molar-refractivity contribution < 1.29 is 47.3 Å². The van der Waals surface area contributed by atoms with Gasteiger partial charge >= 0.3 is 5.97 Å². The van der Waals surface area contributed by atoms with Gasteiger partial charge < -0.3 is 23.4 Å². The first kappa shape index (κ1) is 38.7. The Morgan fingerprint density at radius 2 is 1.59 bits per heavy atom. The molecule has 1 heterocycles. The highest BCUT2D eigenvalue weighted by molar-refractivity contribution is 6.74. The smallest absolute Gasteiger partial charge is 0.338 e. The number of hydrogen-bond donors (Lipinski definition) is 0. The number of carbonyl (C=O) groups is 5. The molecule has 276 valence electrons. The maximum absolute atomic E-state index is 15.7. The molecule has 0 amide bonds. The van der Waals surface area contributed by atoms with Crippen molar-refractivity contribution in [1.82, 2.24) is 0 Å². The molecule has 0 N–H and O–H groups in total. The maximum atomic E-state index is 15.7. The third kappa shape index (κ3) is 7.27. The van der Waals surface area contributed by atoms with Gasteiger partial charge in [0.25, 0.3) is 0 Å². The molecular weight excluding hydrogens is 669 g/mol. The number of rotatable bonds is 11. The van der Waals surface area contributed by atoms with Crippen LogP contribution < -0.4 is 4.74 Å². The maximum Gasteiger partial charge on any atom is 0.338 e. The molecule has 10 nitrogen and oxygen atoms in total. The van der Waals surface area contributed by atoms with Crippen molar-refractivity contribution in [2.75, 3.05) is 13.7 Å². The summed E-state index contributed by atoms with van der Waals surface area (Å²) in [5.41, 5.74) is -2.86. The third-order valence-electron chi connectivity index (χ3n) is 12.1. The second-order valence-corrected chi connectivity index (χ2v) is 21.4. The van der Waals surface area contributed by atoms with Crippen LogP contribution in [0.1, 0.15) is 76.7 Å². The molecule has 51 heavy (non-hydrogen) atoms. The Labute approximate surface area is 302 Å². The number of benzene rings is 2. The number of ketones is 3. The molecule has 1 aliphatic heterocycles. The number of aldehydes is 1. The summed E-state index contributed by atoms with van der Waals surface area (Å²) < 4.78 is 31.4. The molecule has 0 radical (unpaired) electrons. The molecule has 2 aromatic carbocycles. The van der Waals surface area contributed by atoms with Crippen molar-refractivity contribution >= 4 is 37.9 Å². The average molecular weight is 721 g/mol.